The Bertz CT molecular complexity index is 394. The van der Waals surface area contributed by atoms with Gasteiger partial charge >= 0.3 is 6.03 Å². The predicted octanol–water partition coefficient (Wildman–Crippen LogP) is 1.83. The van der Waals surface area contributed by atoms with E-state index in [-0.39, 0.29) is 18.2 Å². The number of aliphatic hydroxyl groups excluding tert-OH is 1. The maximum atomic E-state index is 11.7. The number of hydrogen-bond acceptors (Lipinski definition) is 2. The zero-order valence-electron chi connectivity index (χ0n) is 11.1. The standard InChI is InChI=1S/C15H22N2O2/c18-14-8-4-7-13(11-14)17-15(19)16-10-9-12-5-2-1-3-6-12/h1-3,5-6,13-14,18H,4,7-11H2,(H2,16,17,19)/t13-,14-/m0/s1. The maximum Gasteiger partial charge on any atom is 0.315 e. The van der Waals surface area contributed by atoms with Gasteiger partial charge in [0.15, 0.2) is 0 Å². The Morgan fingerprint density at radius 1 is 1.26 bits per heavy atom. The number of amides is 2. The first-order valence-electron chi connectivity index (χ1n) is 7.00. The second-order valence-corrected chi connectivity index (χ2v) is 5.15. The van der Waals surface area contributed by atoms with Gasteiger partial charge in [-0.1, -0.05) is 30.3 Å². The van der Waals surface area contributed by atoms with Crippen LogP contribution in [0.2, 0.25) is 0 Å². The fraction of sp³-hybridized carbons (Fsp3) is 0.533. The summed E-state index contributed by atoms with van der Waals surface area (Å²) in [6.07, 6.45) is 4.05. The molecule has 2 atom stereocenters. The summed E-state index contributed by atoms with van der Waals surface area (Å²) >= 11 is 0. The summed E-state index contributed by atoms with van der Waals surface area (Å²) in [5.74, 6) is 0. The minimum absolute atomic E-state index is 0.112. The fourth-order valence-electron chi connectivity index (χ4n) is 2.50. The lowest BCUT2D eigenvalue weighted by Gasteiger charge is -2.26. The van der Waals surface area contributed by atoms with Gasteiger partial charge in [-0.15, -0.1) is 0 Å². The van der Waals surface area contributed by atoms with Gasteiger partial charge < -0.3 is 15.7 Å². The van der Waals surface area contributed by atoms with Crippen molar-refractivity contribution in [1.29, 1.82) is 0 Å². The highest BCUT2D eigenvalue weighted by atomic mass is 16.3. The number of rotatable bonds is 4. The fourth-order valence-corrected chi connectivity index (χ4v) is 2.50. The third kappa shape index (κ3) is 4.91. The topological polar surface area (TPSA) is 61.4 Å². The molecule has 0 unspecified atom stereocenters. The van der Waals surface area contributed by atoms with E-state index in [4.69, 9.17) is 0 Å². The molecule has 0 bridgehead atoms. The quantitative estimate of drug-likeness (QED) is 0.775. The molecular weight excluding hydrogens is 240 g/mol. The first-order valence-corrected chi connectivity index (χ1v) is 7.00. The molecule has 0 radical (unpaired) electrons. The van der Waals surface area contributed by atoms with Crippen LogP contribution in [0.15, 0.2) is 30.3 Å². The highest BCUT2D eigenvalue weighted by Crippen LogP contribution is 2.17. The molecule has 1 aromatic rings. The molecule has 4 heteroatoms. The maximum absolute atomic E-state index is 11.7. The number of urea groups is 1. The van der Waals surface area contributed by atoms with E-state index in [2.05, 4.69) is 22.8 Å². The lowest BCUT2D eigenvalue weighted by Crippen LogP contribution is -2.45. The van der Waals surface area contributed by atoms with Crippen LogP contribution >= 0.6 is 0 Å². The van der Waals surface area contributed by atoms with Gasteiger partial charge in [-0.3, -0.25) is 0 Å². The largest absolute Gasteiger partial charge is 0.393 e. The van der Waals surface area contributed by atoms with E-state index in [1.807, 2.05) is 18.2 Å². The van der Waals surface area contributed by atoms with Crippen LogP contribution in [0.3, 0.4) is 0 Å². The normalized spacial score (nSPS) is 22.8. The lowest BCUT2D eigenvalue weighted by atomic mass is 9.93. The Kier molecular flexibility index (Phi) is 5.21. The van der Waals surface area contributed by atoms with Crippen LogP contribution in [0.4, 0.5) is 4.79 Å². The Labute approximate surface area is 114 Å². The van der Waals surface area contributed by atoms with Crippen LogP contribution in [-0.2, 0) is 6.42 Å². The van der Waals surface area contributed by atoms with E-state index in [0.29, 0.717) is 13.0 Å². The van der Waals surface area contributed by atoms with Gasteiger partial charge in [-0.2, -0.15) is 0 Å². The van der Waals surface area contributed by atoms with Crippen LogP contribution in [0, 0.1) is 0 Å². The van der Waals surface area contributed by atoms with Gasteiger partial charge in [0.05, 0.1) is 6.10 Å². The van der Waals surface area contributed by atoms with Crippen molar-refractivity contribution in [3.8, 4) is 0 Å². The van der Waals surface area contributed by atoms with Crippen molar-refractivity contribution in [2.24, 2.45) is 0 Å². The Morgan fingerprint density at radius 3 is 2.79 bits per heavy atom. The average molecular weight is 262 g/mol. The van der Waals surface area contributed by atoms with Crippen molar-refractivity contribution in [2.75, 3.05) is 6.54 Å². The van der Waals surface area contributed by atoms with Crippen molar-refractivity contribution >= 4 is 6.03 Å². The molecule has 2 rings (SSSR count). The van der Waals surface area contributed by atoms with Crippen molar-refractivity contribution in [1.82, 2.24) is 10.6 Å². The molecule has 0 aromatic heterocycles. The minimum Gasteiger partial charge on any atom is -0.393 e. The zero-order valence-corrected chi connectivity index (χ0v) is 11.1. The highest BCUT2D eigenvalue weighted by Gasteiger charge is 2.21. The highest BCUT2D eigenvalue weighted by molar-refractivity contribution is 5.74. The van der Waals surface area contributed by atoms with Crippen LogP contribution in [0.25, 0.3) is 0 Å². The number of carbonyl (C=O) groups excluding carboxylic acids is 1. The summed E-state index contributed by atoms with van der Waals surface area (Å²) in [6.45, 7) is 0.630. The third-order valence-corrected chi connectivity index (χ3v) is 3.52. The summed E-state index contributed by atoms with van der Waals surface area (Å²) in [5.41, 5.74) is 1.22. The van der Waals surface area contributed by atoms with Crippen molar-refractivity contribution in [3.05, 3.63) is 35.9 Å². The average Bonchev–Trinajstić information content (AvgIpc) is 2.40. The molecule has 0 aliphatic heterocycles. The molecule has 1 saturated carbocycles. The molecule has 0 saturated heterocycles. The summed E-state index contributed by atoms with van der Waals surface area (Å²) in [5, 5.41) is 15.3. The minimum atomic E-state index is -0.261. The molecule has 3 N–H and O–H groups in total. The van der Waals surface area contributed by atoms with Gasteiger partial charge in [-0.05, 0) is 37.7 Å². The van der Waals surface area contributed by atoms with Crippen LogP contribution in [0.5, 0.6) is 0 Å². The molecule has 19 heavy (non-hydrogen) atoms. The summed E-state index contributed by atoms with van der Waals surface area (Å²) in [6, 6.07) is 10.1. The zero-order chi connectivity index (χ0) is 13.5. The molecule has 4 nitrogen and oxygen atoms in total. The van der Waals surface area contributed by atoms with Gasteiger partial charge in [0, 0.05) is 12.6 Å². The van der Waals surface area contributed by atoms with E-state index in [1.54, 1.807) is 0 Å². The van der Waals surface area contributed by atoms with Gasteiger partial charge in [-0.25, -0.2) is 4.79 Å². The molecule has 1 aromatic carbocycles. The van der Waals surface area contributed by atoms with Crippen molar-refractivity contribution < 1.29 is 9.90 Å². The summed E-state index contributed by atoms with van der Waals surface area (Å²) < 4.78 is 0. The Morgan fingerprint density at radius 2 is 2.05 bits per heavy atom. The Hall–Kier alpha value is -1.55. The van der Waals surface area contributed by atoms with Crippen LogP contribution in [0.1, 0.15) is 31.2 Å². The predicted molar refractivity (Wildman–Crippen MR) is 74.9 cm³/mol. The molecule has 2 amide bonds. The van der Waals surface area contributed by atoms with Gasteiger partial charge in [0.25, 0.3) is 0 Å². The second kappa shape index (κ2) is 7.14. The first kappa shape index (κ1) is 13.9. The molecular formula is C15H22N2O2. The van der Waals surface area contributed by atoms with Crippen molar-refractivity contribution in [3.63, 3.8) is 0 Å². The number of nitrogens with one attached hydrogen (secondary N) is 2. The smallest absolute Gasteiger partial charge is 0.315 e. The van der Waals surface area contributed by atoms with E-state index >= 15 is 0 Å². The van der Waals surface area contributed by atoms with Gasteiger partial charge in [0.1, 0.15) is 0 Å². The molecule has 0 spiro atoms. The molecule has 1 aliphatic rings. The second-order valence-electron chi connectivity index (χ2n) is 5.15. The SMILES string of the molecule is O=C(NCCc1ccccc1)N[C@H]1CCC[C@H](O)C1. The van der Waals surface area contributed by atoms with E-state index in [0.717, 1.165) is 25.7 Å². The molecule has 0 heterocycles. The van der Waals surface area contributed by atoms with Gasteiger partial charge in [0.2, 0.25) is 0 Å². The lowest BCUT2D eigenvalue weighted by molar-refractivity contribution is 0.113. The number of benzene rings is 1. The number of hydrogen-bond donors (Lipinski definition) is 3. The number of aliphatic hydroxyl groups is 1. The third-order valence-electron chi connectivity index (χ3n) is 3.52. The van der Waals surface area contributed by atoms with E-state index < -0.39 is 0 Å². The van der Waals surface area contributed by atoms with Crippen LogP contribution in [-0.4, -0.2) is 29.8 Å². The number of carbonyl (C=O) groups is 1. The molecule has 1 aliphatic carbocycles. The van der Waals surface area contributed by atoms with E-state index in [9.17, 15) is 9.90 Å². The summed E-state index contributed by atoms with van der Waals surface area (Å²) in [7, 11) is 0. The molecule has 104 valence electrons. The molecule has 1 fully saturated rings. The monoisotopic (exact) mass is 262 g/mol. The van der Waals surface area contributed by atoms with Crippen molar-refractivity contribution in [2.45, 2.75) is 44.2 Å². The van der Waals surface area contributed by atoms with Crippen LogP contribution < -0.4 is 10.6 Å². The summed E-state index contributed by atoms with van der Waals surface area (Å²) in [4.78, 5) is 11.7. The van der Waals surface area contributed by atoms with E-state index in [1.165, 1.54) is 5.56 Å². The Balaban J connectivity index is 1.64. The first-order chi connectivity index (χ1) is 9.24.